The molecule has 0 spiro atoms. The molecule has 3 N–H and O–H groups in total. The van der Waals surface area contributed by atoms with Gasteiger partial charge in [0, 0.05) is 36.5 Å². The van der Waals surface area contributed by atoms with Gasteiger partial charge in [0.05, 0.1) is 12.5 Å². The molecule has 0 saturated carbocycles. The third kappa shape index (κ3) is 5.58. The van der Waals surface area contributed by atoms with Crippen LogP contribution in [0.5, 0.6) is 0 Å². The number of carbonyl (C=O) groups is 2. The van der Waals surface area contributed by atoms with Crippen LogP contribution in [0.1, 0.15) is 24.0 Å². The number of aryl methyl sites for hydroxylation is 1. The third-order valence-electron chi connectivity index (χ3n) is 5.74. The summed E-state index contributed by atoms with van der Waals surface area (Å²) in [5.41, 5.74) is 3.08. The molecule has 6 heteroatoms. The summed E-state index contributed by atoms with van der Waals surface area (Å²) < 4.78 is 0. The van der Waals surface area contributed by atoms with Crippen molar-refractivity contribution in [1.29, 1.82) is 5.26 Å². The van der Waals surface area contributed by atoms with Crippen LogP contribution in [0.3, 0.4) is 0 Å². The lowest BCUT2D eigenvalue weighted by Gasteiger charge is -2.19. The molecular weight excluding hydrogens is 412 g/mol. The van der Waals surface area contributed by atoms with Gasteiger partial charge in [-0.3, -0.25) is 9.59 Å². The molecule has 166 valence electrons. The van der Waals surface area contributed by atoms with Crippen molar-refractivity contribution < 1.29 is 9.59 Å². The van der Waals surface area contributed by atoms with E-state index in [0.29, 0.717) is 12.8 Å². The molecule has 1 heterocycles. The van der Waals surface area contributed by atoms with Gasteiger partial charge < -0.3 is 15.6 Å². The van der Waals surface area contributed by atoms with Crippen LogP contribution in [0.4, 0.5) is 0 Å². The number of H-pyrrole nitrogens is 1. The predicted octanol–water partition coefficient (Wildman–Crippen LogP) is 4.01. The zero-order chi connectivity index (χ0) is 23.0. The van der Waals surface area contributed by atoms with Crippen molar-refractivity contribution in [3.63, 3.8) is 0 Å². The minimum atomic E-state index is -0.708. The van der Waals surface area contributed by atoms with Gasteiger partial charge in [-0.25, -0.2) is 0 Å². The maximum absolute atomic E-state index is 12.8. The van der Waals surface area contributed by atoms with Crippen LogP contribution in [-0.2, 0) is 22.4 Å². The Kier molecular flexibility index (Phi) is 7.01. The second-order valence-corrected chi connectivity index (χ2v) is 8.06. The Bertz CT molecular complexity index is 1320. The van der Waals surface area contributed by atoms with Crippen molar-refractivity contribution in [3.05, 3.63) is 84.1 Å². The molecule has 6 nitrogen and oxygen atoms in total. The van der Waals surface area contributed by atoms with Gasteiger partial charge in [0.2, 0.25) is 11.8 Å². The van der Waals surface area contributed by atoms with E-state index < -0.39 is 6.04 Å². The maximum Gasteiger partial charge on any atom is 0.242 e. The van der Waals surface area contributed by atoms with Gasteiger partial charge in [-0.1, -0.05) is 60.7 Å². The number of carbonyl (C=O) groups excluding carboxylic acids is 2. The number of nitrogens with one attached hydrogen (secondary N) is 3. The van der Waals surface area contributed by atoms with Crippen LogP contribution < -0.4 is 10.6 Å². The molecule has 0 fully saturated rings. The highest BCUT2D eigenvalue weighted by molar-refractivity contribution is 5.89. The average molecular weight is 439 g/mol. The van der Waals surface area contributed by atoms with Crippen LogP contribution in [0.2, 0.25) is 0 Å². The van der Waals surface area contributed by atoms with Crippen LogP contribution >= 0.6 is 0 Å². The highest BCUT2D eigenvalue weighted by Gasteiger charge is 2.21. The van der Waals surface area contributed by atoms with Crippen molar-refractivity contribution in [3.8, 4) is 6.07 Å². The summed E-state index contributed by atoms with van der Waals surface area (Å²) in [6, 6.07) is 23.4. The highest BCUT2D eigenvalue weighted by Crippen LogP contribution is 2.19. The molecule has 0 aliphatic heterocycles. The molecule has 1 unspecified atom stereocenters. The molecule has 4 aromatic rings. The van der Waals surface area contributed by atoms with E-state index in [0.717, 1.165) is 32.8 Å². The fraction of sp³-hybridized carbons (Fsp3) is 0.222. The van der Waals surface area contributed by atoms with Gasteiger partial charge in [0.25, 0.3) is 0 Å². The second-order valence-electron chi connectivity index (χ2n) is 8.06. The van der Waals surface area contributed by atoms with Crippen molar-refractivity contribution in [2.75, 3.05) is 6.54 Å². The first kappa shape index (κ1) is 22.1. The summed E-state index contributed by atoms with van der Waals surface area (Å²) in [4.78, 5) is 28.8. The summed E-state index contributed by atoms with van der Waals surface area (Å²) in [7, 11) is 0. The summed E-state index contributed by atoms with van der Waals surface area (Å²) in [6.07, 6.45) is 3.39. The molecule has 0 radical (unpaired) electrons. The monoisotopic (exact) mass is 438 g/mol. The minimum Gasteiger partial charge on any atom is -0.361 e. The summed E-state index contributed by atoms with van der Waals surface area (Å²) >= 11 is 0. The minimum absolute atomic E-state index is 0.179. The van der Waals surface area contributed by atoms with Crippen molar-refractivity contribution in [2.45, 2.75) is 31.7 Å². The molecule has 2 amide bonds. The van der Waals surface area contributed by atoms with E-state index in [-0.39, 0.29) is 31.2 Å². The van der Waals surface area contributed by atoms with Gasteiger partial charge in [0.1, 0.15) is 6.04 Å². The molecule has 0 aliphatic carbocycles. The van der Waals surface area contributed by atoms with Gasteiger partial charge in [-0.05, 0) is 34.4 Å². The molecule has 4 rings (SSSR count). The molecule has 33 heavy (non-hydrogen) atoms. The summed E-state index contributed by atoms with van der Waals surface area (Å²) in [5.74, 6) is -0.458. The Hall–Kier alpha value is -4.11. The quantitative estimate of drug-likeness (QED) is 0.344. The first-order valence-corrected chi connectivity index (χ1v) is 11.1. The van der Waals surface area contributed by atoms with E-state index in [1.165, 1.54) is 0 Å². The van der Waals surface area contributed by atoms with E-state index in [4.69, 9.17) is 5.26 Å². The van der Waals surface area contributed by atoms with Crippen LogP contribution in [-0.4, -0.2) is 29.4 Å². The number of para-hydroxylation sites is 1. The molecule has 0 aliphatic rings. The Labute approximate surface area is 192 Å². The van der Waals surface area contributed by atoms with Gasteiger partial charge in [-0.15, -0.1) is 0 Å². The number of hydrogen-bond acceptors (Lipinski definition) is 3. The lowest BCUT2D eigenvalue weighted by atomic mass is 10.0. The SMILES string of the molecule is N#CCCNC(=O)C(Cc1ccc2ccccc2c1)NC(=O)CCc1c[nH]c2ccccc12. The smallest absolute Gasteiger partial charge is 0.242 e. The molecule has 0 bridgehead atoms. The third-order valence-corrected chi connectivity index (χ3v) is 5.74. The lowest BCUT2D eigenvalue weighted by Crippen LogP contribution is -2.48. The van der Waals surface area contributed by atoms with Gasteiger partial charge >= 0.3 is 0 Å². The standard InChI is InChI=1S/C27H26N4O2/c28-14-5-15-29-27(33)25(17-19-10-11-20-6-1-2-7-21(20)16-19)31-26(32)13-12-22-18-30-24-9-4-3-8-23(22)24/h1-4,6-11,16,18,25,30H,5,12-13,15,17H2,(H,29,33)(H,31,32). The number of benzene rings is 3. The average Bonchev–Trinajstić information content (AvgIpc) is 3.25. The molecular formula is C27H26N4O2. The predicted molar refractivity (Wildman–Crippen MR) is 129 cm³/mol. The Morgan fingerprint density at radius 2 is 1.79 bits per heavy atom. The number of nitrogens with zero attached hydrogens (tertiary/aromatic N) is 1. The normalized spacial score (nSPS) is 11.7. The van der Waals surface area contributed by atoms with E-state index >= 15 is 0 Å². The van der Waals surface area contributed by atoms with Crippen LogP contribution in [0.15, 0.2) is 72.9 Å². The Morgan fingerprint density at radius 1 is 1.00 bits per heavy atom. The topological polar surface area (TPSA) is 97.8 Å². The van der Waals surface area contributed by atoms with Crippen molar-refractivity contribution >= 4 is 33.5 Å². The molecule has 1 aromatic heterocycles. The summed E-state index contributed by atoms with van der Waals surface area (Å²) in [5, 5.41) is 17.7. The number of aromatic amines is 1. The molecule has 0 saturated heterocycles. The lowest BCUT2D eigenvalue weighted by molar-refractivity contribution is -0.128. The zero-order valence-electron chi connectivity index (χ0n) is 18.3. The number of aromatic nitrogens is 1. The van der Waals surface area contributed by atoms with E-state index in [1.807, 2.05) is 79.0 Å². The first-order valence-electron chi connectivity index (χ1n) is 11.1. The number of amides is 2. The van der Waals surface area contributed by atoms with Crippen LogP contribution in [0.25, 0.3) is 21.7 Å². The van der Waals surface area contributed by atoms with E-state index in [9.17, 15) is 9.59 Å². The largest absolute Gasteiger partial charge is 0.361 e. The Morgan fingerprint density at radius 3 is 2.64 bits per heavy atom. The molecule has 3 aromatic carbocycles. The number of nitriles is 1. The Balaban J connectivity index is 1.44. The van der Waals surface area contributed by atoms with Gasteiger partial charge in [-0.2, -0.15) is 5.26 Å². The van der Waals surface area contributed by atoms with E-state index in [1.54, 1.807) is 0 Å². The number of fused-ring (bicyclic) bond motifs is 2. The second kappa shape index (κ2) is 10.5. The summed E-state index contributed by atoms with van der Waals surface area (Å²) in [6.45, 7) is 0.259. The molecule has 1 atom stereocenters. The van der Waals surface area contributed by atoms with Gasteiger partial charge in [0.15, 0.2) is 0 Å². The zero-order valence-corrected chi connectivity index (χ0v) is 18.3. The maximum atomic E-state index is 12.8. The van der Waals surface area contributed by atoms with E-state index in [2.05, 4.69) is 15.6 Å². The van der Waals surface area contributed by atoms with Crippen molar-refractivity contribution in [2.24, 2.45) is 0 Å². The van der Waals surface area contributed by atoms with Crippen LogP contribution in [0, 0.1) is 11.3 Å². The van der Waals surface area contributed by atoms with Crippen molar-refractivity contribution in [1.82, 2.24) is 15.6 Å². The number of rotatable bonds is 9. The fourth-order valence-corrected chi connectivity index (χ4v) is 4.03. The first-order chi connectivity index (χ1) is 16.1. The fourth-order valence-electron chi connectivity index (χ4n) is 4.03. The highest BCUT2D eigenvalue weighted by atomic mass is 16.2. The number of hydrogen-bond donors (Lipinski definition) is 3.